The van der Waals surface area contributed by atoms with Crippen LogP contribution in [0.5, 0.6) is 0 Å². The summed E-state index contributed by atoms with van der Waals surface area (Å²) in [6, 6.07) is 11.4. The van der Waals surface area contributed by atoms with E-state index in [1.54, 1.807) is 6.20 Å². The Kier molecular flexibility index (Phi) is 3.58. The summed E-state index contributed by atoms with van der Waals surface area (Å²) >= 11 is 0. The average molecular weight is 334 g/mol. The minimum absolute atomic E-state index is 0.0342. The molecule has 0 amide bonds. The summed E-state index contributed by atoms with van der Waals surface area (Å²) < 4.78 is 8.20. The van der Waals surface area contributed by atoms with Crippen LogP contribution in [0.25, 0.3) is 11.3 Å². The van der Waals surface area contributed by atoms with Gasteiger partial charge in [0.25, 0.3) is 5.56 Å². The predicted molar refractivity (Wildman–Crippen MR) is 89.0 cm³/mol. The lowest BCUT2D eigenvalue weighted by Gasteiger charge is -2.09. The zero-order valence-electron chi connectivity index (χ0n) is 13.3. The van der Waals surface area contributed by atoms with Crippen LogP contribution in [-0.2, 0) is 19.5 Å². The van der Waals surface area contributed by atoms with Gasteiger partial charge in [-0.1, -0.05) is 30.3 Å². The van der Waals surface area contributed by atoms with Crippen LogP contribution in [0.3, 0.4) is 0 Å². The molecular formula is C18H14N4O3. The molecule has 1 aliphatic rings. The van der Waals surface area contributed by atoms with E-state index in [0.717, 1.165) is 16.6 Å². The zero-order valence-corrected chi connectivity index (χ0v) is 13.3. The van der Waals surface area contributed by atoms with E-state index in [-0.39, 0.29) is 18.0 Å². The number of fused-ring (bicyclic) bond motifs is 1. The highest BCUT2D eigenvalue weighted by molar-refractivity contribution is 5.55. The van der Waals surface area contributed by atoms with Crippen molar-refractivity contribution in [3.8, 4) is 17.4 Å². The highest BCUT2D eigenvalue weighted by atomic mass is 16.4. The summed E-state index contributed by atoms with van der Waals surface area (Å²) in [5.74, 6) is 0.811. The van der Waals surface area contributed by atoms with Gasteiger partial charge in [-0.15, -0.1) is 0 Å². The average Bonchev–Trinajstić information content (AvgIpc) is 3.30. The van der Waals surface area contributed by atoms with Crippen molar-refractivity contribution in [3.05, 3.63) is 74.5 Å². The second-order valence-corrected chi connectivity index (χ2v) is 5.85. The summed E-state index contributed by atoms with van der Waals surface area (Å²) in [5.41, 5.74) is 0.422. The molecular weight excluding hydrogens is 320 g/mol. The van der Waals surface area contributed by atoms with Gasteiger partial charge >= 0.3 is 5.69 Å². The number of hydrogen-bond donors (Lipinski definition) is 0. The zero-order chi connectivity index (χ0) is 17.4. The molecule has 0 saturated heterocycles. The Morgan fingerprint density at radius 1 is 1.24 bits per heavy atom. The molecule has 124 valence electrons. The summed E-state index contributed by atoms with van der Waals surface area (Å²) in [6.45, 7) is 0.420. The van der Waals surface area contributed by atoms with Crippen LogP contribution in [0, 0.1) is 11.3 Å². The van der Waals surface area contributed by atoms with Crippen molar-refractivity contribution in [3.63, 3.8) is 0 Å². The molecule has 0 fully saturated rings. The van der Waals surface area contributed by atoms with E-state index in [1.807, 2.05) is 36.4 Å². The van der Waals surface area contributed by atoms with Gasteiger partial charge in [-0.25, -0.2) is 14.3 Å². The van der Waals surface area contributed by atoms with Gasteiger partial charge in [0, 0.05) is 17.8 Å². The van der Waals surface area contributed by atoms with E-state index in [9.17, 15) is 14.9 Å². The van der Waals surface area contributed by atoms with Gasteiger partial charge in [0.1, 0.15) is 18.2 Å². The second kappa shape index (κ2) is 5.91. The Hall–Kier alpha value is -3.40. The van der Waals surface area contributed by atoms with E-state index in [1.165, 1.54) is 4.57 Å². The molecule has 1 aliphatic heterocycles. The number of benzene rings is 1. The van der Waals surface area contributed by atoms with Gasteiger partial charge in [0.05, 0.1) is 6.20 Å². The molecule has 2 aromatic heterocycles. The van der Waals surface area contributed by atoms with Crippen molar-refractivity contribution >= 4 is 0 Å². The molecule has 0 aliphatic carbocycles. The summed E-state index contributed by atoms with van der Waals surface area (Å²) in [5, 5.41) is 9.30. The molecule has 0 unspecified atom stereocenters. The lowest BCUT2D eigenvalue weighted by molar-refractivity contribution is 0.469. The smallest absolute Gasteiger partial charge is 0.331 e. The van der Waals surface area contributed by atoms with Gasteiger partial charge in [-0.2, -0.15) is 5.26 Å². The maximum Gasteiger partial charge on any atom is 0.331 e. The minimum Gasteiger partial charge on any atom is -0.439 e. The molecule has 25 heavy (non-hydrogen) atoms. The van der Waals surface area contributed by atoms with Crippen molar-refractivity contribution in [2.45, 2.75) is 25.9 Å². The van der Waals surface area contributed by atoms with Crippen LogP contribution in [0.2, 0.25) is 0 Å². The van der Waals surface area contributed by atoms with E-state index in [2.05, 4.69) is 4.98 Å². The van der Waals surface area contributed by atoms with E-state index in [0.29, 0.717) is 24.4 Å². The molecule has 4 rings (SSSR count). The first-order chi connectivity index (χ1) is 12.2. The maximum atomic E-state index is 12.6. The topological polar surface area (TPSA) is 93.8 Å². The predicted octanol–water partition coefficient (Wildman–Crippen LogP) is 1.53. The molecule has 0 spiro atoms. The Morgan fingerprint density at radius 2 is 2.04 bits per heavy atom. The number of nitrogens with zero attached hydrogens (tertiary/aromatic N) is 4. The third kappa shape index (κ3) is 2.48. The molecule has 3 heterocycles. The van der Waals surface area contributed by atoms with Gasteiger partial charge in [-0.05, 0) is 12.8 Å². The van der Waals surface area contributed by atoms with E-state index in [4.69, 9.17) is 4.42 Å². The molecule has 7 nitrogen and oxygen atoms in total. The second-order valence-electron chi connectivity index (χ2n) is 5.85. The Bertz CT molecular complexity index is 1100. The quantitative estimate of drug-likeness (QED) is 0.724. The third-order valence-corrected chi connectivity index (χ3v) is 4.35. The summed E-state index contributed by atoms with van der Waals surface area (Å²) in [6.07, 6.45) is 2.89. The van der Waals surface area contributed by atoms with Crippen molar-refractivity contribution < 1.29 is 4.42 Å². The van der Waals surface area contributed by atoms with Gasteiger partial charge in [0.2, 0.25) is 5.89 Å². The number of rotatable bonds is 3. The van der Waals surface area contributed by atoms with Crippen molar-refractivity contribution in [1.29, 1.82) is 5.26 Å². The Morgan fingerprint density at radius 3 is 2.80 bits per heavy atom. The van der Waals surface area contributed by atoms with Crippen LogP contribution >= 0.6 is 0 Å². The Labute approximate surface area is 142 Å². The lowest BCUT2D eigenvalue weighted by atomic mass is 10.2. The fourth-order valence-corrected chi connectivity index (χ4v) is 3.14. The molecule has 0 bridgehead atoms. The van der Waals surface area contributed by atoms with Gasteiger partial charge < -0.3 is 4.42 Å². The largest absolute Gasteiger partial charge is 0.439 e. The van der Waals surface area contributed by atoms with Crippen molar-refractivity contribution in [2.75, 3.05) is 0 Å². The summed E-state index contributed by atoms with van der Waals surface area (Å²) in [4.78, 5) is 29.3. The lowest BCUT2D eigenvalue weighted by Crippen LogP contribution is -2.42. The molecule has 7 heteroatoms. The normalized spacial score (nSPS) is 12.8. The SMILES string of the molecule is N#Cc1c2n(c(=O)n(Cc3ncc(-c4ccccc4)o3)c1=O)CCC2. The van der Waals surface area contributed by atoms with E-state index >= 15 is 0 Å². The van der Waals surface area contributed by atoms with Crippen LogP contribution in [-0.4, -0.2) is 14.1 Å². The van der Waals surface area contributed by atoms with Gasteiger partial charge in [-0.3, -0.25) is 9.36 Å². The highest BCUT2D eigenvalue weighted by Crippen LogP contribution is 2.20. The first kappa shape index (κ1) is 15.1. The third-order valence-electron chi connectivity index (χ3n) is 4.35. The Balaban J connectivity index is 1.76. The summed E-state index contributed by atoms with van der Waals surface area (Å²) in [7, 11) is 0. The number of hydrogen-bond acceptors (Lipinski definition) is 5. The van der Waals surface area contributed by atoms with Crippen LogP contribution in [0.15, 0.2) is 50.5 Å². The molecule has 1 aromatic carbocycles. The molecule has 0 N–H and O–H groups in total. The van der Waals surface area contributed by atoms with E-state index < -0.39 is 11.2 Å². The van der Waals surface area contributed by atoms with Crippen LogP contribution in [0.1, 0.15) is 23.6 Å². The fourth-order valence-electron chi connectivity index (χ4n) is 3.14. The fraction of sp³-hybridized carbons (Fsp3) is 0.222. The minimum atomic E-state index is -0.583. The molecule has 0 atom stereocenters. The van der Waals surface area contributed by atoms with Gasteiger partial charge in [0.15, 0.2) is 5.76 Å². The first-order valence-electron chi connectivity index (χ1n) is 7.96. The number of oxazole rings is 1. The van der Waals surface area contributed by atoms with Crippen LogP contribution in [0.4, 0.5) is 0 Å². The molecule has 0 saturated carbocycles. The standard InChI is InChI=1S/C18H14N4O3/c19-9-13-14-7-4-8-21(14)18(24)22(17(13)23)11-16-20-10-15(25-16)12-5-2-1-3-6-12/h1-3,5-6,10H,4,7-8,11H2. The van der Waals surface area contributed by atoms with Crippen molar-refractivity contribution in [2.24, 2.45) is 0 Å². The van der Waals surface area contributed by atoms with Crippen molar-refractivity contribution in [1.82, 2.24) is 14.1 Å². The van der Waals surface area contributed by atoms with Crippen LogP contribution < -0.4 is 11.2 Å². The maximum absolute atomic E-state index is 12.6. The first-order valence-corrected chi connectivity index (χ1v) is 7.96. The number of nitriles is 1. The highest BCUT2D eigenvalue weighted by Gasteiger charge is 2.23. The molecule has 3 aromatic rings. The monoisotopic (exact) mass is 334 g/mol. The number of aromatic nitrogens is 3. The molecule has 0 radical (unpaired) electrons.